The molecular formula is C31H41N3O6. The van der Waals surface area contributed by atoms with Crippen molar-refractivity contribution in [1.29, 1.82) is 5.26 Å². The van der Waals surface area contributed by atoms with E-state index >= 15 is 0 Å². The number of carboxylic acid groups (broad SMARTS) is 1. The van der Waals surface area contributed by atoms with E-state index in [0.717, 1.165) is 32.1 Å². The van der Waals surface area contributed by atoms with E-state index in [1.807, 2.05) is 0 Å². The van der Waals surface area contributed by atoms with Gasteiger partial charge in [0.15, 0.2) is 0 Å². The standard InChI is InChI=1S/C31H41N3O6/c1-30(9-4-10-30)17-33-28(36)25-18-5-6-19(13-18)26(25)34-27(35)22-15-23(20(16-32)14-24(22)39-3)40-21-7-11-31(2,12-8-21)29(37)38/h14-15,18-19,21,25-26H,4-13,17H2,1-3H3,(H,33,36)(H,34,35)(H,37,38)/t18-,19+,21?,25+,26?,31?/m1/s1. The Morgan fingerprint density at radius 2 is 1.75 bits per heavy atom. The Kier molecular flexibility index (Phi) is 7.73. The predicted molar refractivity (Wildman–Crippen MR) is 147 cm³/mol. The molecular weight excluding hydrogens is 510 g/mol. The second kappa shape index (κ2) is 10.9. The number of hydrogen-bond acceptors (Lipinski definition) is 6. The molecule has 4 aliphatic carbocycles. The first-order valence-corrected chi connectivity index (χ1v) is 14.7. The number of fused-ring (bicyclic) bond motifs is 2. The lowest BCUT2D eigenvalue weighted by atomic mass is 9.70. The van der Waals surface area contributed by atoms with Crippen LogP contribution >= 0.6 is 0 Å². The van der Waals surface area contributed by atoms with Crippen LogP contribution in [0, 0.1) is 39.9 Å². The van der Waals surface area contributed by atoms with Gasteiger partial charge in [0.05, 0.1) is 35.7 Å². The number of hydrogen-bond donors (Lipinski definition) is 3. The maximum Gasteiger partial charge on any atom is 0.309 e. The van der Waals surface area contributed by atoms with E-state index in [-0.39, 0.29) is 69.8 Å². The smallest absolute Gasteiger partial charge is 0.309 e. The summed E-state index contributed by atoms with van der Waals surface area (Å²) < 4.78 is 11.7. The topological polar surface area (TPSA) is 138 Å². The summed E-state index contributed by atoms with van der Waals surface area (Å²) in [7, 11) is 1.45. The van der Waals surface area contributed by atoms with Crippen LogP contribution in [0.4, 0.5) is 0 Å². The molecule has 4 atom stereocenters. The fourth-order valence-corrected chi connectivity index (χ4v) is 7.31. The third-order valence-electron chi connectivity index (χ3n) is 10.3. The Balaban J connectivity index is 1.31. The number of carboxylic acids is 1. The van der Waals surface area contributed by atoms with Crippen molar-refractivity contribution in [3.8, 4) is 17.6 Å². The third kappa shape index (κ3) is 5.37. The number of nitrogens with zero attached hydrogens (tertiary/aromatic N) is 1. The zero-order valence-electron chi connectivity index (χ0n) is 23.8. The molecule has 0 aliphatic heterocycles. The minimum Gasteiger partial charge on any atom is -0.496 e. The fraction of sp³-hybridized carbons (Fsp3) is 0.677. The van der Waals surface area contributed by atoms with Crippen LogP contribution in [0.2, 0.25) is 0 Å². The molecule has 2 bridgehead atoms. The van der Waals surface area contributed by atoms with E-state index in [1.165, 1.54) is 19.6 Å². The molecule has 5 rings (SSSR count). The van der Waals surface area contributed by atoms with Crippen LogP contribution in [0.5, 0.6) is 11.5 Å². The highest BCUT2D eigenvalue weighted by Gasteiger charge is 2.51. The highest BCUT2D eigenvalue weighted by Crippen LogP contribution is 2.49. The average molecular weight is 552 g/mol. The van der Waals surface area contributed by atoms with Gasteiger partial charge >= 0.3 is 5.97 Å². The van der Waals surface area contributed by atoms with Crippen molar-refractivity contribution >= 4 is 17.8 Å². The first-order chi connectivity index (χ1) is 19.1. The molecule has 216 valence electrons. The SMILES string of the molecule is COc1cc(C#N)c(OC2CCC(C)(C(=O)O)CC2)cc1C(=O)NC1[C@H]2CC[C@H](C2)[C@@H]1C(=O)NCC1(C)CCC1. The van der Waals surface area contributed by atoms with Crippen LogP contribution in [-0.2, 0) is 9.59 Å². The number of aliphatic carboxylic acids is 1. The normalized spacial score (nSPS) is 31.9. The van der Waals surface area contributed by atoms with Crippen molar-refractivity contribution in [2.45, 2.75) is 90.2 Å². The summed E-state index contributed by atoms with van der Waals surface area (Å²) in [5.74, 6) is -0.293. The number of nitrogens with one attached hydrogen (secondary N) is 2. The zero-order chi connectivity index (χ0) is 28.7. The third-order valence-corrected chi connectivity index (χ3v) is 10.3. The van der Waals surface area contributed by atoms with Gasteiger partial charge in [-0.2, -0.15) is 5.26 Å². The van der Waals surface area contributed by atoms with Gasteiger partial charge in [0.25, 0.3) is 5.91 Å². The summed E-state index contributed by atoms with van der Waals surface area (Å²) in [6, 6.07) is 4.94. The molecule has 9 nitrogen and oxygen atoms in total. The maximum atomic E-state index is 13.7. The molecule has 2 amide bonds. The summed E-state index contributed by atoms with van der Waals surface area (Å²) >= 11 is 0. The van der Waals surface area contributed by atoms with Gasteiger partial charge in [0.1, 0.15) is 17.6 Å². The highest BCUT2D eigenvalue weighted by atomic mass is 16.5. The molecule has 0 spiro atoms. The van der Waals surface area contributed by atoms with Gasteiger partial charge < -0.3 is 25.2 Å². The molecule has 3 N–H and O–H groups in total. The van der Waals surface area contributed by atoms with Gasteiger partial charge in [0.2, 0.25) is 5.91 Å². The Hall–Kier alpha value is -3.28. The van der Waals surface area contributed by atoms with Crippen molar-refractivity contribution < 1.29 is 29.0 Å². The number of ether oxygens (including phenoxy) is 2. The van der Waals surface area contributed by atoms with E-state index in [4.69, 9.17) is 9.47 Å². The van der Waals surface area contributed by atoms with Crippen molar-refractivity contribution in [2.75, 3.05) is 13.7 Å². The Bertz CT molecular complexity index is 1210. The molecule has 0 heterocycles. The summed E-state index contributed by atoms with van der Waals surface area (Å²) in [5.41, 5.74) is -0.0848. The van der Waals surface area contributed by atoms with E-state index in [2.05, 4.69) is 23.6 Å². The zero-order valence-corrected chi connectivity index (χ0v) is 23.8. The summed E-state index contributed by atoms with van der Waals surface area (Å²) in [4.78, 5) is 38.6. The number of benzene rings is 1. The van der Waals surface area contributed by atoms with Crippen LogP contribution in [0.25, 0.3) is 0 Å². The lowest BCUT2D eigenvalue weighted by Crippen LogP contribution is -2.51. The minimum atomic E-state index is -0.808. The Labute approximate surface area is 236 Å². The Morgan fingerprint density at radius 3 is 2.35 bits per heavy atom. The van der Waals surface area contributed by atoms with Gasteiger partial charge in [-0.05, 0) is 88.0 Å². The average Bonchev–Trinajstić information content (AvgIpc) is 3.53. The number of rotatable bonds is 9. The second-order valence-electron chi connectivity index (χ2n) is 13.1. The molecule has 1 aromatic carbocycles. The van der Waals surface area contributed by atoms with Crippen molar-refractivity contribution in [3.63, 3.8) is 0 Å². The highest BCUT2D eigenvalue weighted by molar-refractivity contribution is 5.98. The van der Waals surface area contributed by atoms with Crippen LogP contribution in [-0.4, -0.2) is 48.7 Å². The molecule has 4 saturated carbocycles. The lowest BCUT2D eigenvalue weighted by Gasteiger charge is -2.39. The molecule has 4 aliphatic rings. The van der Waals surface area contributed by atoms with Crippen molar-refractivity contribution in [3.05, 3.63) is 23.3 Å². The van der Waals surface area contributed by atoms with E-state index < -0.39 is 11.4 Å². The number of amides is 2. The van der Waals surface area contributed by atoms with Crippen LogP contribution < -0.4 is 20.1 Å². The van der Waals surface area contributed by atoms with E-state index in [1.54, 1.807) is 13.0 Å². The lowest BCUT2D eigenvalue weighted by molar-refractivity contribution is -0.150. The molecule has 1 aromatic rings. The number of carbonyl (C=O) groups excluding carboxylic acids is 2. The molecule has 1 unspecified atom stereocenters. The molecule has 40 heavy (non-hydrogen) atoms. The van der Waals surface area contributed by atoms with Crippen molar-refractivity contribution in [2.24, 2.45) is 28.6 Å². The molecule has 4 fully saturated rings. The summed E-state index contributed by atoms with van der Waals surface area (Å²) in [6.07, 6.45) is 8.20. The monoisotopic (exact) mass is 551 g/mol. The molecule has 9 heteroatoms. The molecule has 0 aromatic heterocycles. The van der Waals surface area contributed by atoms with Crippen molar-refractivity contribution in [1.82, 2.24) is 10.6 Å². The van der Waals surface area contributed by atoms with E-state index in [9.17, 15) is 24.8 Å². The molecule has 0 radical (unpaired) electrons. The maximum absolute atomic E-state index is 13.7. The van der Waals surface area contributed by atoms with Gasteiger partial charge in [-0.1, -0.05) is 13.3 Å². The largest absolute Gasteiger partial charge is 0.496 e. The van der Waals surface area contributed by atoms with Gasteiger partial charge in [-0.15, -0.1) is 0 Å². The Morgan fingerprint density at radius 1 is 1.05 bits per heavy atom. The number of methoxy groups -OCH3 is 1. The van der Waals surface area contributed by atoms with Crippen LogP contribution in [0.3, 0.4) is 0 Å². The summed E-state index contributed by atoms with van der Waals surface area (Å²) in [6.45, 7) is 4.64. The van der Waals surface area contributed by atoms with Gasteiger partial charge in [-0.3, -0.25) is 14.4 Å². The molecule has 0 saturated heterocycles. The predicted octanol–water partition coefficient (Wildman–Crippen LogP) is 4.43. The van der Waals surface area contributed by atoms with Gasteiger partial charge in [0, 0.05) is 18.7 Å². The summed E-state index contributed by atoms with van der Waals surface area (Å²) in [5, 5.41) is 25.7. The fourth-order valence-electron chi connectivity index (χ4n) is 7.31. The number of nitriles is 1. The minimum absolute atomic E-state index is 0.0344. The van der Waals surface area contributed by atoms with Crippen LogP contribution in [0.15, 0.2) is 12.1 Å². The second-order valence-corrected chi connectivity index (χ2v) is 13.1. The van der Waals surface area contributed by atoms with Gasteiger partial charge in [-0.25, -0.2) is 0 Å². The first kappa shape index (κ1) is 28.3. The number of carbonyl (C=O) groups is 3. The quantitative estimate of drug-likeness (QED) is 0.413. The first-order valence-electron chi connectivity index (χ1n) is 14.7. The van der Waals surface area contributed by atoms with E-state index in [0.29, 0.717) is 32.2 Å². The van der Waals surface area contributed by atoms with Crippen LogP contribution in [0.1, 0.15) is 94.0 Å².